The fourth-order valence-corrected chi connectivity index (χ4v) is 2.76. The molecule has 0 aliphatic heterocycles. The highest BCUT2D eigenvalue weighted by Gasteiger charge is 2.65. The minimum atomic E-state index is -2.53. The fraction of sp³-hybridized carbons (Fsp3) is 0.500. The fourth-order valence-electron chi connectivity index (χ4n) is 2.76. The van der Waals surface area contributed by atoms with Gasteiger partial charge in [0, 0.05) is 0 Å². The van der Waals surface area contributed by atoms with Crippen molar-refractivity contribution < 1.29 is 19.4 Å². The maximum Gasteiger partial charge on any atom is 0.473 e. The van der Waals surface area contributed by atoms with Crippen molar-refractivity contribution in [2.75, 3.05) is 0 Å². The van der Waals surface area contributed by atoms with E-state index in [9.17, 15) is 25.0 Å². The molecule has 2 N–H and O–H groups in total. The van der Waals surface area contributed by atoms with Gasteiger partial charge in [0.2, 0.25) is 0 Å². The number of nitro groups is 2. The highest BCUT2D eigenvalue weighted by Crippen LogP contribution is 2.35. The van der Waals surface area contributed by atoms with E-state index < -0.39 is 39.9 Å². The largest absolute Gasteiger partial charge is 0.473 e. The van der Waals surface area contributed by atoms with Crippen molar-refractivity contribution in [1.29, 1.82) is 0 Å². The summed E-state index contributed by atoms with van der Waals surface area (Å²) in [6.07, 6.45) is -0.299. The van der Waals surface area contributed by atoms with E-state index in [0.29, 0.717) is 0 Å². The predicted molar refractivity (Wildman–Crippen MR) is 78.3 cm³/mol. The van der Waals surface area contributed by atoms with Crippen LogP contribution < -0.4 is 5.73 Å². The van der Waals surface area contributed by atoms with Gasteiger partial charge >= 0.3 is 11.6 Å². The van der Waals surface area contributed by atoms with Crippen LogP contribution in [0.3, 0.4) is 0 Å². The van der Waals surface area contributed by atoms with Crippen LogP contribution in [0.5, 0.6) is 0 Å². The summed E-state index contributed by atoms with van der Waals surface area (Å²) >= 11 is 0. The van der Waals surface area contributed by atoms with Gasteiger partial charge in [-0.1, -0.05) is 30.3 Å². The van der Waals surface area contributed by atoms with Crippen LogP contribution in [0.1, 0.15) is 24.8 Å². The number of esters is 1. The molecule has 1 aliphatic carbocycles. The lowest BCUT2D eigenvalue weighted by Crippen LogP contribution is -2.63. The molecule has 1 aromatic rings. The van der Waals surface area contributed by atoms with Crippen molar-refractivity contribution in [3.63, 3.8) is 0 Å². The highest BCUT2D eigenvalue weighted by atomic mass is 16.7. The molecule has 2 atom stereocenters. The summed E-state index contributed by atoms with van der Waals surface area (Å²) in [7, 11) is 0. The van der Waals surface area contributed by atoms with Gasteiger partial charge in [0.15, 0.2) is 0 Å². The minimum Gasteiger partial charge on any atom is -0.461 e. The van der Waals surface area contributed by atoms with Crippen LogP contribution in [0.2, 0.25) is 0 Å². The molecule has 0 saturated heterocycles. The maximum absolute atomic E-state index is 12.1. The highest BCUT2D eigenvalue weighted by molar-refractivity contribution is 5.72. The van der Waals surface area contributed by atoms with Gasteiger partial charge in [-0.15, -0.1) is 0 Å². The van der Waals surface area contributed by atoms with Crippen molar-refractivity contribution >= 4 is 5.97 Å². The number of rotatable bonds is 5. The van der Waals surface area contributed by atoms with Crippen LogP contribution in [0.4, 0.5) is 0 Å². The first-order chi connectivity index (χ1) is 10.9. The second-order valence-corrected chi connectivity index (χ2v) is 5.57. The zero-order valence-corrected chi connectivity index (χ0v) is 12.3. The molecule has 1 saturated carbocycles. The SMILES string of the molecule is NC1CCC(C(=O)OCc2ccccc2)CC1([N+](=O)[O-])[N+](=O)[O-]. The van der Waals surface area contributed by atoms with Gasteiger partial charge in [-0.05, 0) is 18.4 Å². The average molecular weight is 323 g/mol. The first-order valence-corrected chi connectivity index (χ1v) is 7.13. The van der Waals surface area contributed by atoms with E-state index >= 15 is 0 Å². The van der Waals surface area contributed by atoms with Crippen molar-refractivity contribution in [3.8, 4) is 0 Å². The van der Waals surface area contributed by atoms with Gasteiger partial charge < -0.3 is 10.5 Å². The van der Waals surface area contributed by atoms with Gasteiger partial charge in [0.25, 0.3) is 0 Å². The summed E-state index contributed by atoms with van der Waals surface area (Å²) in [4.78, 5) is 32.5. The second-order valence-electron chi connectivity index (χ2n) is 5.57. The summed E-state index contributed by atoms with van der Waals surface area (Å²) in [5, 5.41) is 22.4. The number of hydrogen-bond acceptors (Lipinski definition) is 7. The number of carbonyl (C=O) groups is 1. The van der Waals surface area contributed by atoms with Crippen molar-refractivity contribution in [3.05, 3.63) is 56.1 Å². The Balaban J connectivity index is 2.07. The van der Waals surface area contributed by atoms with Crippen LogP contribution >= 0.6 is 0 Å². The Hall–Kier alpha value is -2.55. The number of nitrogens with two attached hydrogens (primary N) is 1. The summed E-state index contributed by atoms with van der Waals surface area (Å²) in [6.45, 7) is 0.0200. The average Bonchev–Trinajstić information content (AvgIpc) is 2.53. The quantitative estimate of drug-likeness (QED) is 0.370. The number of carbonyl (C=O) groups excluding carboxylic acids is 1. The molecule has 0 aromatic heterocycles. The zero-order valence-electron chi connectivity index (χ0n) is 12.3. The first-order valence-electron chi connectivity index (χ1n) is 7.13. The molecule has 0 spiro atoms. The van der Waals surface area contributed by atoms with Gasteiger partial charge in [0.05, 0.1) is 5.92 Å². The molecular weight excluding hydrogens is 306 g/mol. The van der Waals surface area contributed by atoms with Crippen LogP contribution in [-0.4, -0.2) is 27.5 Å². The third kappa shape index (κ3) is 3.29. The van der Waals surface area contributed by atoms with Gasteiger partial charge in [-0.3, -0.25) is 25.0 Å². The van der Waals surface area contributed by atoms with Crippen LogP contribution in [0.15, 0.2) is 30.3 Å². The topological polar surface area (TPSA) is 139 Å². The second kappa shape index (κ2) is 6.69. The maximum atomic E-state index is 12.1. The lowest BCUT2D eigenvalue weighted by molar-refractivity contribution is -0.803. The summed E-state index contributed by atoms with van der Waals surface area (Å²) in [6, 6.07) is 7.69. The van der Waals surface area contributed by atoms with Gasteiger partial charge in [0.1, 0.15) is 28.9 Å². The number of nitrogens with zero attached hydrogens (tertiary/aromatic N) is 2. The summed E-state index contributed by atoms with van der Waals surface area (Å²) < 4.78 is 5.13. The molecule has 0 bridgehead atoms. The molecule has 1 fully saturated rings. The Morgan fingerprint density at radius 1 is 1.22 bits per heavy atom. The van der Waals surface area contributed by atoms with Crippen molar-refractivity contribution in [2.45, 2.75) is 37.6 Å². The first kappa shape index (κ1) is 16.8. The molecule has 1 aliphatic rings. The van der Waals surface area contributed by atoms with E-state index in [1.165, 1.54) is 0 Å². The number of hydrogen-bond donors (Lipinski definition) is 1. The van der Waals surface area contributed by atoms with Crippen molar-refractivity contribution in [2.24, 2.45) is 11.7 Å². The lowest BCUT2D eigenvalue weighted by atomic mass is 9.78. The van der Waals surface area contributed by atoms with E-state index in [1.807, 2.05) is 6.07 Å². The smallest absolute Gasteiger partial charge is 0.461 e. The molecule has 0 amide bonds. The minimum absolute atomic E-state index is 0.0200. The third-order valence-corrected chi connectivity index (χ3v) is 4.16. The Morgan fingerprint density at radius 3 is 2.39 bits per heavy atom. The van der Waals surface area contributed by atoms with Crippen LogP contribution in [-0.2, 0) is 16.1 Å². The molecular formula is C14H17N3O6. The third-order valence-electron chi connectivity index (χ3n) is 4.16. The molecule has 2 unspecified atom stereocenters. The predicted octanol–water partition coefficient (Wildman–Crippen LogP) is 1.11. The number of ether oxygens (including phenoxy) is 1. The van der Waals surface area contributed by atoms with Crippen LogP contribution in [0.25, 0.3) is 0 Å². The summed E-state index contributed by atoms with van der Waals surface area (Å²) in [5.41, 5.74) is 3.84. The van der Waals surface area contributed by atoms with E-state index in [-0.39, 0.29) is 19.4 Å². The molecule has 9 nitrogen and oxygen atoms in total. The Kier molecular flexibility index (Phi) is 4.89. The van der Waals surface area contributed by atoms with E-state index in [2.05, 4.69) is 0 Å². The molecule has 2 rings (SSSR count). The van der Waals surface area contributed by atoms with Crippen LogP contribution in [0, 0.1) is 26.1 Å². The zero-order chi connectivity index (χ0) is 17.0. The Bertz CT molecular complexity index is 592. The Morgan fingerprint density at radius 2 is 1.83 bits per heavy atom. The van der Waals surface area contributed by atoms with E-state index in [4.69, 9.17) is 10.5 Å². The van der Waals surface area contributed by atoms with E-state index in [1.54, 1.807) is 24.3 Å². The van der Waals surface area contributed by atoms with Gasteiger partial charge in [-0.25, -0.2) is 0 Å². The summed E-state index contributed by atoms with van der Waals surface area (Å²) in [5.74, 6) is -1.58. The molecule has 23 heavy (non-hydrogen) atoms. The molecule has 0 radical (unpaired) electrons. The van der Waals surface area contributed by atoms with Gasteiger partial charge in [-0.2, -0.15) is 0 Å². The monoisotopic (exact) mass is 323 g/mol. The molecule has 124 valence electrons. The molecule has 9 heteroatoms. The Labute approximate surface area is 131 Å². The standard InChI is InChI=1S/C14H17N3O6/c15-12-7-6-11(8-14(12,16(19)20)17(21)22)13(18)23-9-10-4-2-1-3-5-10/h1-5,11-12H,6-9,15H2. The van der Waals surface area contributed by atoms with Crippen molar-refractivity contribution in [1.82, 2.24) is 0 Å². The van der Waals surface area contributed by atoms with E-state index in [0.717, 1.165) is 5.56 Å². The normalized spacial score (nSPS) is 23.0. The lowest BCUT2D eigenvalue weighted by Gasteiger charge is -2.30. The molecule has 1 aromatic carbocycles. The molecule has 0 heterocycles. The number of benzene rings is 1.